The van der Waals surface area contributed by atoms with Gasteiger partial charge in [0.25, 0.3) is 0 Å². The molecule has 29 heavy (non-hydrogen) atoms. The summed E-state index contributed by atoms with van der Waals surface area (Å²) in [7, 11) is 0. The van der Waals surface area contributed by atoms with E-state index in [2.05, 4.69) is 0 Å². The number of hydrogen-bond donors (Lipinski definition) is 0. The molecule has 0 aliphatic heterocycles. The van der Waals surface area contributed by atoms with Gasteiger partial charge in [-0.05, 0) is 56.7 Å². The summed E-state index contributed by atoms with van der Waals surface area (Å²) >= 11 is 18.4. The zero-order valence-electron chi connectivity index (χ0n) is 16.3. The molecule has 0 saturated heterocycles. The van der Waals surface area contributed by atoms with E-state index in [-0.39, 0.29) is 18.7 Å². The number of carbonyl (C=O) groups excluding carboxylic acids is 2. The number of hydrogen-bond acceptors (Lipinski definition) is 3. The summed E-state index contributed by atoms with van der Waals surface area (Å²) in [4.78, 5) is 24.8. The Labute approximate surface area is 184 Å². The number of rotatable bonds is 4. The highest BCUT2D eigenvalue weighted by atomic mass is 35.5. The smallest absolute Gasteiger partial charge is 0.306 e. The van der Waals surface area contributed by atoms with Crippen LogP contribution in [-0.2, 0) is 9.53 Å². The highest BCUT2D eigenvalue weighted by molar-refractivity contribution is 6.42. The summed E-state index contributed by atoms with van der Waals surface area (Å²) in [5.41, 5.74) is 1.72. The van der Waals surface area contributed by atoms with Crippen LogP contribution in [0.15, 0.2) is 42.6 Å². The van der Waals surface area contributed by atoms with Crippen LogP contribution in [0.3, 0.4) is 0 Å². The third-order valence-corrected chi connectivity index (χ3v) is 5.20. The SMILES string of the molecule is CC(C)(C)OC(=O)CCC(=O)n1cc(-c2ccc(Cl)c(Cl)c2)c2cc(Cl)ccc21. The van der Waals surface area contributed by atoms with Gasteiger partial charge in [0.1, 0.15) is 5.60 Å². The first kappa shape index (κ1) is 21.7. The number of carbonyl (C=O) groups is 2. The molecule has 0 atom stereocenters. The third-order valence-electron chi connectivity index (χ3n) is 4.23. The fourth-order valence-corrected chi connectivity index (χ4v) is 3.49. The summed E-state index contributed by atoms with van der Waals surface area (Å²) in [6.45, 7) is 5.37. The number of aromatic nitrogens is 1. The van der Waals surface area contributed by atoms with E-state index >= 15 is 0 Å². The molecule has 7 heteroatoms. The van der Waals surface area contributed by atoms with Crippen molar-refractivity contribution in [3.63, 3.8) is 0 Å². The van der Waals surface area contributed by atoms with E-state index in [9.17, 15) is 9.59 Å². The van der Waals surface area contributed by atoms with Gasteiger partial charge in [0.15, 0.2) is 0 Å². The lowest BCUT2D eigenvalue weighted by Gasteiger charge is -2.19. The molecule has 1 heterocycles. The van der Waals surface area contributed by atoms with Crippen molar-refractivity contribution in [3.8, 4) is 11.1 Å². The molecule has 0 fully saturated rings. The quantitative estimate of drug-likeness (QED) is 0.399. The van der Waals surface area contributed by atoms with Gasteiger partial charge in [0, 0.05) is 28.6 Å². The number of benzene rings is 2. The topological polar surface area (TPSA) is 48.3 Å². The van der Waals surface area contributed by atoms with Gasteiger partial charge in [0.05, 0.1) is 22.0 Å². The molecule has 0 aliphatic carbocycles. The van der Waals surface area contributed by atoms with Crippen LogP contribution in [0.5, 0.6) is 0 Å². The average Bonchev–Trinajstić information content (AvgIpc) is 2.99. The van der Waals surface area contributed by atoms with Crippen LogP contribution < -0.4 is 0 Å². The molecule has 2 aromatic carbocycles. The zero-order valence-corrected chi connectivity index (χ0v) is 18.5. The summed E-state index contributed by atoms with van der Waals surface area (Å²) in [6.07, 6.45) is 1.77. The second-order valence-electron chi connectivity index (χ2n) is 7.68. The Morgan fingerprint density at radius 3 is 2.34 bits per heavy atom. The third kappa shape index (κ3) is 5.13. The fraction of sp³-hybridized carbons (Fsp3) is 0.273. The van der Waals surface area contributed by atoms with E-state index in [1.54, 1.807) is 57.3 Å². The minimum Gasteiger partial charge on any atom is -0.460 e. The summed E-state index contributed by atoms with van der Waals surface area (Å²) in [5, 5.41) is 2.23. The Hall–Kier alpha value is -2.01. The Morgan fingerprint density at radius 1 is 0.966 bits per heavy atom. The van der Waals surface area contributed by atoms with Crippen LogP contribution in [0.4, 0.5) is 0 Å². The lowest BCUT2D eigenvalue weighted by atomic mass is 10.1. The molecule has 3 aromatic rings. The zero-order chi connectivity index (χ0) is 21.3. The van der Waals surface area contributed by atoms with Crippen LogP contribution in [0.2, 0.25) is 15.1 Å². The number of halogens is 3. The lowest BCUT2D eigenvalue weighted by molar-refractivity contribution is -0.154. The second kappa shape index (κ2) is 8.39. The minimum atomic E-state index is -0.585. The van der Waals surface area contributed by atoms with Crippen LogP contribution in [0, 0.1) is 0 Å². The predicted octanol–water partition coefficient (Wildman–Crippen LogP) is 7.03. The average molecular weight is 453 g/mol. The van der Waals surface area contributed by atoms with Crippen molar-refractivity contribution in [3.05, 3.63) is 57.7 Å². The molecular formula is C22H20Cl3NO3. The first-order chi connectivity index (χ1) is 13.5. The van der Waals surface area contributed by atoms with Crippen molar-refractivity contribution >= 4 is 57.6 Å². The molecule has 0 aliphatic rings. The predicted molar refractivity (Wildman–Crippen MR) is 118 cm³/mol. The molecule has 152 valence electrons. The molecule has 0 unspecified atom stereocenters. The molecule has 4 nitrogen and oxygen atoms in total. The van der Waals surface area contributed by atoms with Gasteiger partial charge >= 0.3 is 5.97 Å². The van der Waals surface area contributed by atoms with Crippen LogP contribution in [0.1, 0.15) is 38.4 Å². The van der Waals surface area contributed by atoms with E-state index in [0.717, 1.165) is 16.5 Å². The van der Waals surface area contributed by atoms with Gasteiger partial charge in [-0.1, -0.05) is 40.9 Å². The van der Waals surface area contributed by atoms with E-state index < -0.39 is 11.6 Å². The first-order valence-electron chi connectivity index (χ1n) is 9.06. The Kier molecular flexibility index (Phi) is 6.27. The van der Waals surface area contributed by atoms with Crippen molar-refractivity contribution < 1.29 is 14.3 Å². The van der Waals surface area contributed by atoms with E-state index in [0.29, 0.717) is 20.6 Å². The van der Waals surface area contributed by atoms with E-state index in [1.165, 1.54) is 4.57 Å². The maximum absolute atomic E-state index is 12.9. The van der Waals surface area contributed by atoms with Crippen molar-refractivity contribution in [2.24, 2.45) is 0 Å². The largest absolute Gasteiger partial charge is 0.460 e. The fourth-order valence-electron chi connectivity index (χ4n) is 3.02. The van der Waals surface area contributed by atoms with E-state index in [4.69, 9.17) is 39.5 Å². The monoisotopic (exact) mass is 451 g/mol. The molecule has 0 N–H and O–H groups in total. The first-order valence-corrected chi connectivity index (χ1v) is 10.2. The van der Waals surface area contributed by atoms with Gasteiger partial charge < -0.3 is 4.74 Å². The van der Waals surface area contributed by atoms with Gasteiger partial charge in [-0.3, -0.25) is 14.2 Å². The summed E-state index contributed by atoms with van der Waals surface area (Å²) in [6, 6.07) is 10.6. The maximum atomic E-state index is 12.9. The molecule has 3 rings (SSSR count). The second-order valence-corrected chi connectivity index (χ2v) is 8.93. The van der Waals surface area contributed by atoms with Crippen molar-refractivity contribution in [1.82, 2.24) is 4.57 Å². The minimum absolute atomic E-state index is 0.00543. The Morgan fingerprint density at radius 2 is 1.69 bits per heavy atom. The van der Waals surface area contributed by atoms with Gasteiger partial charge in [0.2, 0.25) is 5.91 Å². The number of esters is 1. The summed E-state index contributed by atoms with van der Waals surface area (Å²) in [5.74, 6) is -0.621. The molecule has 0 bridgehead atoms. The molecule has 0 saturated carbocycles. The number of fused-ring (bicyclic) bond motifs is 1. The van der Waals surface area contributed by atoms with Crippen molar-refractivity contribution in [1.29, 1.82) is 0 Å². The highest BCUT2D eigenvalue weighted by Crippen LogP contribution is 2.35. The Balaban J connectivity index is 1.95. The van der Waals surface area contributed by atoms with Gasteiger partial charge in [-0.25, -0.2) is 0 Å². The number of nitrogens with zero attached hydrogens (tertiary/aromatic N) is 1. The normalized spacial score (nSPS) is 11.7. The van der Waals surface area contributed by atoms with Gasteiger partial charge in [-0.15, -0.1) is 0 Å². The van der Waals surface area contributed by atoms with Crippen LogP contribution >= 0.6 is 34.8 Å². The standard InChI is InChI=1S/C22H20Cl3NO3/c1-22(2,3)29-21(28)9-8-20(27)26-12-16(13-4-6-17(24)18(25)10-13)15-11-14(23)5-7-19(15)26/h4-7,10-12H,8-9H2,1-3H3. The lowest BCUT2D eigenvalue weighted by Crippen LogP contribution is -2.24. The molecule has 0 radical (unpaired) electrons. The molecule has 0 spiro atoms. The molecule has 0 amide bonds. The van der Waals surface area contributed by atoms with Crippen LogP contribution in [-0.4, -0.2) is 22.0 Å². The van der Waals surface area contributed by atoms with Gasteiger partial charge in [-0.2, -0.15) is 0 Å². The van der Waals surface area contributed by atoms with E-state index in [1.807, 2.05) is 6.07 Å². The van der Waals surface area contributed by atoms with Crippen LogP contribution in [0.25, 0.3) is 22.0 Å². The molecule has 1 aromatic heterocycles. The van der Waals surface area contributed by atoms with Crippen molar-refractivity contribution in [2.75, 3.05) is 0 Å². The molecular weight excluding hydrogens is 433 g/mol. The maximum Gasteiger partial charge on any atom is 0.306 e. The Bertz CT molecular complexity index is 1100. The number of ether oxygens (including phenoxy) is 1. The van der Waals surface area contributed by atoms with Crippen molar-refractivity contribution in [2.45, 2.75) is 39.2 Å². The summed E-state index contributed by atoms with van der Waals surface area (Å²) < 4.78 is 6.82. The highest BCUT2D eigenvalue weighted by Gasteiger charge is 2.20.